The van der Waals surface area contributed by atoms with Crippen molar-refractivity contribution >= 4 is 0 Å². The lowest BCUT2D eigenvalue weighted by atomic mass is 9.72. The maximum absolute atomic E-state index is 11.4. The molecule has 4 rings (SSSR count). The molecule has 1 spiro atoms. The highest BCUT2D eigenvalue weighted by Gasteiger charge is 2.52. The predicted octanol–water partition coefficient (Wildman–Crippen LogP) is 2.52. The summed E-state index contributed by atoms with van der Waals surface area (Å²) in [5.41, 5.74) is 2.84. The molecule has 0 radical (unpaired) electrons. The molecule has 1 aliphatic heterocycles. The van der Waals surface area contributed by atoms with Crippen LogP contribution in [0.15, 0.2) is 24.3 Å². The van der Waals surface area contributed by atoms with E-state index in [9.17, 15) is 5.11 Å². The molecule has 1 heterocycles. The number of nitrogens with one attached hydrogen (secondary N) is 2. The van der Waals surface area contributed by atoms with Gasteiger partial charge in [0.1, 0.15) is 0 Å². The number of piperidine rings is 1. The first-order valence-corrected chi connectivity index (χ1v) is 9.91. The molecule has 1 saturated heterocycles. The lowest BCUT2D eigenvalue weighted by Crippen LogP contribution is -2.49. The van der Waals surface area contributed by atoms with E-state index >= 15 is 0 Å². The number of methoxy groups -OCH3 is 1. The summed E-state index contributed by atoms with van der Waals surface area (Å²) in [6.45, 7) is 3.74. The minimum Gasteiger partial charge on any atom is -0.390 e. The number of fused-ring (bicyclic) bond motifs is 2. The number of benzene rings is 1. The fourth-order valence-electron chi connectivity index (χ4n) is 5.66. The third-order valence-corrected chi connectivity index (χ3v) is 7.02. The third-order valence-electron chi connectivity index (χ3n) is 7.02. The molecule has 0 unspecified atom stereocenters. The van der Waals surface area contributed by atoms with E-state index in [0.717, 1.165) is 39.1 Å². The van der Waals surface area contributed by atoms with Crippen LogP contribution in [0.1, 0.15) is 55.7 Å². The summed E-state index contributed by atoms with van der Waals surface area (Å²) in [6, 6.07) is 8.74. The van der Waals surface area contributed by atoms with Gasteiger partial charge in [0.15, 0.2) is 0 Å². The Kier molecular flexibility index (Phi) is 4.89. The van der Waals surface area contributed by atoms with Crippen molar-refractivity contribution in [3.8, 4) is 0 Å². The van der Waals surface area contributed by atoms with Crippen LogP contribution < -0.4 is 10.6 Å². The molecule has 3 aliphatic rings. The maximum Gasteiger partial charge on any atom is 0.0832 e. The first-order chi connectivity index (χ1) is 12.2. The van der Waals surface area contributed by atoms with Crippen molar-refractivity contribution in [3.63, 3.8) is 0 Å². The van der Waals surface area contributed by atoms with Crippen molar-refractivity contribution < 1.29 is 9.84 Å². The zero-order chi connectivity index (χ0) is 17.3. The van der Waals surface area contributed by atoms with Crippen molar-refractivity contribution in [2.75, 3.05) is 33.4 Å². The summed E-state index contributed by atoms with van der Waals surface area (Å²) in [7, 11) is 1.81. The Morgan fingerprint density at radius 2 is 1.88 bits per heavy atom. The van der Waals surface area contributed by atoms with Crippen molar-refractivity contribution in [3.05, 3.63) is 35.4 Å². The highest BCUT2D eigenvalue weighted by atomic mass is 16.5. The topological polar surface area (TPSA) is 53.5 Å². The van der Waals surface area contributed by atoms with Crippen molar-refractivity contribution in [1.82, 2.24) is 10.6 Å². The van der Waals surface area contributed by atoms with E-state index in [1.54, 1.807) is 0 Å². The largest absolute Gasteiger partial charge is 0.390 e. The van der Waals surface area contributed by atoms with Crippen LogP contribution in [0, 0.1) is 5.41 Å². The monoisotopic (exact) mass is 344 g/mol. The molecule has 2 fully saturated rings. The van der Waals surface area contributed by atoms with Gasteiger partial charge in [0, 0.05) is 24.5 Å². The van der Waals surface area contributed by atoms with Gasteiger partial charge in [-0.05, 0) is 49.9 Å². The molecule has 25 heavy (non-hydrogen) atoms. The van der Waals surface area contributed by atoms with Crippen LogP contribution in [0.2, 0.25) is 0 Å². The van der Waals surface area contributed by atoms with Gasteiger partial charge < -0.3 is 20.5 Å². The molecule has 1 aromatic rings. The molecular formula is C21H32N2O2. The minimum absolute atomic E-state index is 0.0450. The zero-order valence-corrected chi connectivity index (χ0v) is 15.4. The average Bonchev–Trinajstić information content (AvgIpc) is 3.19. The fraction of sp³-hybridized carbons (Fsp3) is 0.714. The smallest absolute Gasteiger partial charge is 0.0832 e. The molecule has 138 valence electrons. The second kappa shape index (κ2) is 6.99. The molecule has 2 aliphatic carbocycles. The van der Waals surface area contributed by atoms with Crippen LogP contribution in [-0.4, -0.2) is 44.6 Å². The summed E-state index contributed by atoms with van der Waals surface area (Å²) in [6.07, 6.45) is 6.75. The average molecular weight is 344 g/mol. The molecule has 3 N–H and O–H groups in total. The fourth-order valence-corrected chi connectivity index (χ4v) is 5.66. The van der Waals surface area contributed by atoms with Crippen LogP contribution in [0.25, 0.3) is 0 Å². The van der Waals surface area contributed by atoms with E-state index in [1.807, 2.05) is 7.11 Å². The Balaban J connectivity index is 1.57. The van der Waals surface area contributed by atoms with Gasteiger partial charge in [0.25, 0.3) is 0 Å². The SMILES string of the molecule is COCC1(CN[C@@H]2c3ccccc3C3(CCNCC3)[C@H]2O)CCCC1. The second-order valence-electron chi connectivity index (χ2n) is 8.44. The first-order valence-electron chi connectivity index (χ1n) is 9.91. The minimum atomic E-state index is -0.340. The Morgan fingerprint density at radius 3 is 2.60 bits per heavy atom. The predicted molar refractivity (Wildman–Crippen MR) is 99.8 cm³/mol. The number of rotatable bonds is 5. The molecule has 4 nitrogen and oxygen atoms in total. The highest BCUT2D eigenvalue weighted by Crippen LogP contribution is 2.50. The van der Waals surface area contributed by atoms with Gasteiger partial charge in [-0.3, -0.25) is 0 Å². The van der Waals surface area contributed by atoms with Crippen LogP contribution in [0.5, 0.6) is 0 Å². The highest BCUT2D eigenvalue weighted by molar-refractivity contribution is 5.45. The van der Waals surface area contributed by atoms with Crippen LogP contribution in [0.4, 0.5) is 0 Å². The molecule has 0 bridgehead atoms. The Bertz CT molecular complexity index is 591. The zero-order valence-electron chi connectivity index (χ0n) is 15.4. The van der Waals surface area contributed by atoms with Gasteiger partial charge >= 0.3 is 0 Å². The molecule has 1 aromatic carbocycles. The quantitative estimate of drug-likeness (QED) is 0.768. The molecule has 2 atom stereocenters. The second-order valence-corrected chi connectivity index (χ2v) is 8.44. The van der Waals surface area contributed by atoms with E-state index in [0.29, 0.717) is 0 Å². The number of hydrogen-bond acceptors (Lipinski definition) is 4. The van der Waals surface area contributed by atoms with Gasteiger partial charge in [-0.2, -0.15) is 0 Å². The van der Waals surface area contributed by atoms with E-state index in [1.165, 1.54) is 36.8 Å². The van der Waals surface area contributed by atoms with Crippen molar-refractivity contribution in [2.45, 2.75) is 56.1 Å². The normalized spacial score (nSPS) is 29.8. The maximum atomic E-state index is 11.4. The van der Waals surface area contributed by atoms with E-state index in [-0.39, 0.29) is 23.0 Å². The molecule has 0 amide bonds. The van der Waals surface area contributed by atoms with E-state index in [2.05, 4.69) is 34.9 Å². The summed E-state index contributed by atoms with van der Waals surface area (Å²) < 4.78 is 5.54. The van der Waals surface area contributed by atoms with Gasteiger partial charge in [0.05, 0.1) is 18.8 Å². The van der Waals surface area contributed by atoms with Crippen LogP contribution in [0.3, 0.4) is 0 Å². The van der Waals surface area contributed by atoms with E-state index < -0.39 is 0 Å². The number of hydrogen-bond donors (Lipinski definition) is 3. The molecule has 4 heteroatoms. The lowest BCUT2D eigenvalue weighted by molar-refractivity contribution is 0.0326. The Morgan fingerprint density at radius 1 is 1.16 bits per heavy atom. The van der Waals surface area contributed by atoms with Gasteiger partial charge in [-0.25, -0.2) is 0 Å². The molecular weight excluding hydrogens is 312 g/mol. The van der Waals surface area contributed by atoms with E-state index in [4.69, 9.17) is 4.74 Å². The molecule has 1 saturated carbocycles. The Hall–Kier alpha value is -0.940. The van der Waals surface area contributed by atoms with Gasteiger partial charge in [0.2, 0.25) is 0 Å². The van der Waals surface area contributed by atoms with Crippen molar-refractivity contribution in [2.24, 2.45) is 5.41 Å². The first kappa shape index (κ1) is 17.5. The summed E-state index contributed by atoms with van der Waals surface area (Å²) in [5.74, 6) is 0. The summed E-state index contributed by atoms with van der Waals surface area (Å²) >= 11 is 0. The van der Waals surface area contributed by atoms with Gasteiger partial charge in [-0.15, -0.1) is 0 Å². The number of ether oxygens (including phenoxy) is 1. The summed E-state index contributed by atoms with van der Waals surface area (Å²) in [5, 5.41) is 18.6. The summed E-state index contributed by atoms with van der Waals surface area (Å²) in [4.78, 5) is 0. The van der Waals surface area contributed by atoms with Crippen molar-refractivity contribution in [1.29, 1.82) is 0 Å². The van der Waals surface area contributed by atoms with Crippen LogP contribution >= 0.6 is 0 Å². The Labute approximate surface area is 151 Å². The standard InChI is InChI=1S/C21H32N2O2/c1-25-15-20(8-4-5-9-20)14-23-18-16-6-2-3-7-17(16)21(19(18)24)10-12-22-13-11-21/h2-3,6-7,18-19,22-24H,4-5,8-15H2,1H3/t18-,19+/m1/s1. The van der Waals surface area contributed by atoms with Crippen LogP contribution in [-0.2, 0) is 10.2 Å². The third kappa shape index (κ3) is 2.93. The number of aliphatic hydroxyl groups is 1. The number of aliphatic hydroxyl groups excluding tert-OH is 1. The lowest BCUT2D eigenvalue weighted by Gasteiger charge is -2.39. The van der Waals surface area contributed by atoms with Gasteiger partial charge in [-0.1, -0.05) is 37.1 Å². The molecule has 0 aromatic heterocycles.